The highest BCUT2D eigenvalue weighted by atomic mass is 19.1. The molecule has 2 aromatic carbocycles. The highest BCUT2D eigenvalue weighted by Gasteiger charge is 2.12. The molecule has 0 radical (unpaired) electrons. The SMILES string of the molecule is N#Cc1ccc(NC(=O)C(=O)NCCc2ccc(F)cc2)cc1. The van der Waals surface area contributed by atoms with E-state index in [9.17, 15) is 14.0 Å². The number of rotatable bonds is 4. The molecule has 0 bridgehead atoms. The van der Waals surface area contributed by atoms with Crippen molar-refractivity contribution < 1.29 is 14.0 Å². The Bertz CT molecular complexity index is 734. The minimum atomic E-state index is -0.784. The Labute approximate surface area is 132 Å². The summed E-state index contributed by atoms with van der Waals surface area (Å²) in [6.07, 6.45) is 0.496. The summed E-state index contributed by atoms with van der Waals surface area (Å²) in [5, 5.41) is 13.6. The number of carbonyl (C=O) groups excluding carboxylic acids is 2. The standard InChI is InChI=1S/C17H14FN3O2/c18-14-5-1-12(2-6-14)9-10-20-16(22)17(23)21-15-7-3-13(11-19)4-8-15/h1-8H,9-10H2,(H,20,22)(H,21,23). The normalized spacial score (nSPS) is 9.74. The van der Waals surface area contributed by atoms with E-state index < -0.39 is 11.8 Å². The van der Waals surface area contributed by atoms with Gasteiger partial charge >= 0.3 is 11.8 Å². The molecule has 116 valence electrons. The van der Waals surface area contributed by atoms with Gasteiger partial charge in [0.2, 0.25) is 0 Å². The zero-order chi connectivity index (χ0) is 16.7. The van der Waals surface area contributed by atoms with Gasteiger partial charge in [0, 0.05) is 12.2 Å². The van der Waals surface area contributed by atoms with Crippen molar-refractivity contribution in [2.75, 3.05) is 11.9 Å². The predicted octanol–water partition coefficient (Wildman–Crippen LogP) is 1.99. The predicted molar refractivity (Wildman–Crippen MR) is 82.9 cm³/mol. The largest absolute Gasteiger partial charge is 0.347 e. The van der Waals surface area contributed by atoms with E-state index in [4.69, 9.17) is 5.26 Å². The molecule has 0 saturated carbocycles. The van der Waals surface area contributed by atoms with Crippen LogP contribution in [0, 0.1) is 17.1 Å². The number of benzene rings is 2. The summed E-state index contributed by atoms with van der Waals surface area (Å²) >= 11 is 0. The van der Waals surface area contributed by atoms with E-state index in [0.29, 0.717) is 17.7 Å². The zero-order valence-corrected chi connectivity index (χ0v) is 12.2. The Morgan fingerprint density at radius 3 is 2.26 bits per heavy atom. The van der Waals surface area contributed by atoms with Crippen molar-refractivity contribution in [2.24, 2.45) is 0 Å². The van der Waals surface area contributed by atoms with Crippen molar-refractivity contribution in [3.8, 4) is 6.07 Å². The van der Waals surface area contributed by atoms with E-state index >= 15 is 0 Å². The Hall–Kier alpha value is -3.20. The summed E-state index contributed by atoms with van der Waals surface area (Å²) in [5.41, 5.74) is 1.76. The molecular formula is C17H14FN3O2. The van der Waals surface area contributed by atoms with Crippen molar-refractivity contribution in [1.82, 2.24) is 5.32 Å². The summed E-state index contributed by atoms with van der Waals surface area (Å²) in [4.78, 5) is 23.4. The van der Waals surface area contributed by atoms with E-state index in [0.717, 1.165) is 5.56 Å². The van der Waals surface area contributed by atoms with Crippen LogP contribution in [0.25, 0.3) is 0 Å². The molecule has 2 N–H and O–H groups in total. The van der Waals surface area contributed by atoms with Gasteiger partial charge in [-0.15, -0.1) is 0 Å². The zero-order valence-electron chi connectivity index (χ0n) is 12.2. The highest BCUT2D eigenvalue weighted by molar-refractivity contribution is 6.39. The van der Waals surface area contributed by atoms with Crippen LogP contribution >= 0.6 is 0 Å². The summed E-state index contributed by atoms with van der Waals surface area (Å²) in [6.45, 7) is 0.269. The number of nitriles is 1. The Morgan fingerprint density at radius 2 is 1.65 bits per heavy atom. The third kappa shape index (κ3) is 4.93. The Kier molecular flexibility index (Phi) is 5.42. The number of halogens is 1. The van der Waals surface area contributed by atoms with Crippen LogP contribution in [0.4, 0.5) is 10.1 Å². The molecule has 23 heavy (non-hydrogen) atoms. The van der Waals surface area contributed by atoms with Crippen LogP contribution in [-0.4, -0.2) is 18.4 Å². The average molecular weight is 311 g/mol. The van der Waals surface area contributed by atoms with E-state index in [1.807, 2.05) is 6.07 Å². The maximum atomic E-state index is 12.8. The van der Waals surface area contributed by atoms with Gasteiger partial charge in [0.25, 0.3) is 0 Å². The number of nitrogens with one attached hydrogen (secondary N) is 2. The van der Waals surface area contributed by atoms with Gasteiger partial charge in [-0.05, 0) is 48.4 Å². The molecule has 2 rings (SSSR count). The molecule has 6 heteroatoms. The topological polar surface area (TPSA) is 82.0 Å². The monoisotopic (exact) mass is 311 g/mol. The lowest BCUT2D eigenvalue weighted by Crippen LogP contribution is -2.36. The molecular weight excluding hydrogens is 297 g/mol. The van der Waals surface area contributed by atoms with Gasteiger partial charge < -0.3 is 10.6 Å². The number of hydrogen-bond acceptors (Lipinski definition) is 3. The lowest BCUT2D eigenvalue weighted by molar-refractivity contribution is -0.136. The van der Waals surface area contributed by atoms with Crippen LogP contribution in [0.2, 0.25) is 0 Å². The average Bonchev–Trinajstić information content (AvgIpc) is 2.57. The van der Waals surface area contributed by atoms with Gasteiger partial charge in [0.15, 0.2) is 0 Å². The van der Waals surface area contributed by atoms with Gasteiger partial charge in [-0.25, -0.2) is 4.39 Å². The third-order valence-corrected chi connectivity index (χ3v) is 3.09. The number of amides is 2. The first-order chi connectivity index (χ1) is 11.1. The minimum absolute atomic E-state index is 0.269. The van der Waals surface area contributed by atoms with Gasteiger partial charge in [-0.1, -0.05) is 12.1 Å². The summed E-state index contributed by atoms with van der Waals surface area (Å²) in [5.74, 6) is -1.86. The molecule has 0 aliphatic heterocycles. The maximum Gasteiger partial charge on any atom is 0.313 e. The first-order valence-corrected chi connectivity index (χ1v) is 6.92. The first kappa shape index (κ1) is 16.2. The van der Waals surface area contributed by atoms with E-state index in [1.165, 1.54) is 12.1 Å². The van der Waals surface area contributed by atoms with Crippen LogP contribution in [0.3, 0.4) is 0 Å². The maximum absolute atomic E-state index is 12.8. The van der Waals surface area contributed by atoms with Crippen molar-refractivity contribution >= 4 is 17.5 Å². The summed E-state index contributed by atoms with van der Waals surface area (Å²) < 4.78 is 12.8. The van der Waals surface area contributed by atoms with Crippen LogP contribution in [0.15, 0.2) is 48.5 Å². The molecule has 2 amide bonds. The van der Waals surface area contributed by atoms with E-state index in [-0.39, 0.29) is 12.4 Å². The van der Waals surface area contributed by atoms with Crippen molar-refractivity contribution in [2.45, 2.75) is 6.42 Å². The number of carbonyl (C=O) groups is 2. The molecule has 5 nitrogen and oxygen atoms in total. The molecule has 0 aromatic heterocycles. The van der Waals surface area contributed by atoms with Gasteiger partial charge in [0.05, 0.1) is 11.6 Å². The molecule has 0 unspecified atom stereocenters. The van der Waals surface area contributed by atoms with Crippen molar-refractivity contribution in [3.63, 3.8) is 0 Å². The van der Waals surface area contributed by atoms with Crippen LogP contribution in [0.1, 0.15) is 11.1 Å². The molecule has 0 heterocycles. The van der Waals surface area contributed by atoms with E-state index in [1.54, 1.807) is 36.4 Å². The lowest BCUT2D eigenvalue weighted by Gasteiger charge is -2.07. The highest BCUT2D eigenvalue weighted by Crippen LogP contribution is 2.08. The molecule has 0 aliphatic carbocycles. The summed E-state index contributed by atoms with van der Waals surface area (Å²) in [7, 11) is 0. The Morgan fingerprint density at radius 1 is 1.00 bits per heavy atom. The second-order valence-electron chi connectivity index (χ2n) is 4.78. The van der Waals surface area contributed by atoms with Crippen LogP contribution in [0.5, 0.6) is 0 Å². The second kappa shape index (κ2) is 7.71. The molecule has 0 fully saturated rings. The summed E-state index contributed by atoms with van der Waals surface area (Å²) in [6, 6.07) is 14.1. The first-order valence-electron chi connectivity index (χ1n) is 6.92. The molecule has 0 spiro atoms. The fraction of sp³-hybridized carbons (Fsp3) is 0.118. The number of anilines is 1. The number of nitrogens with zero attached hydrogens (tertiary/aromatic N) is 1. The quantitative estimate of drug-likeness (QED) is 0.847. The molecule has 0 saturated heterocycles. The fourth-order valence-electron chi connectivity index (χ4n) is 1.87. The van der Waals surface area contributed by atoms with Crippen molar-refractivity contribution in [1.29, 1.82) is 5.26 Å². The van der Waals surface area contributed by atoms with Crippen LogP contribution in [-0.2, 0) is 16.0 Å². The van der Waals surface area contributed by atoms with Gasteiger partial charge in [-0.3, -0.25) is 9.59 Å². The van der Waals surface area contributed by atoms with E-state index in [2.05, 4.69) is 10.6 Å². The fourth-order valence-corrected chi connectivity index (χ4v) is 1.87. The van der Waals surface area contributed by atoms with Gasteiger partial charge in [0.1, 0.15) is 5.82 Å². The van der Waals surface area contributed by atoms with Crippen molar-refractivity contribution in [3.05, 3.63) is 65.5 Å². The number of hydrogen-bond donors (Lipinski definition) is 2. The minimum Gasteiger partial charge on any atom is -0.347 e. The lowest BCUT2D eigenvalue weighted by atomic mass is 10.1. The Balaban J connectivity index is 1.79. The van der Waals surface area contributed by atoms with Crippen LogP contribution < -0.4 is 10.6 Å². The second-order valence-corrected chi connectivity index (χ2v) is 4.78. The molecule has 0 aliphatic rings. The molecule has 2 aromatic rings. The molecule has 0 atom stereocenters. The third-order valence-electron chi connectivity index (χ3n) is 3.09. The van der Waals surface area contributed by atoms with Gasteiger partial charge in [-0.2, -0.15) is 5.26 Å². The smallest absolute Gasteiger partial charge is 0.313 e.